The normalized spacial score (nSPS) is 19.0. The van der Waals surface area contributed by atoms with Crippen molar-refractivity contribution in [2.45, 2.75) is 51.7 Å². The lowest BCUT2D eigenvalue weighted by molar-refractivity contribution is -0.147. The first-order valence-corrected chi connectivity index (χ1v) is 12.2. The van der Waals surface area contributed by atoms with Gasteiger partial charge in [0.05, 0.1) is 14.2 Å². The Hall–Kier alpha value is -2.65. The number of thiophene rings is 1. The van der Waals surface area contributed by atoms with Crippen LogP contribution in [0, 0.1) is 6.92 Å². The van der Waals surface area contributed by atoms with Gasteiger partial charge >= 0.3 is 5.97 Å². The summed E-state index contributed by atoms with van der Waals surface area (Å²) in [6.07, 6.45) is 2.81. The molecule has 0 aliphatic carbocycles. The van der Waals surface area contributed by atoms with Gasteiger partial charge in [-0.25, -0.2) is 4.79 Å². The van der Waals surface area contributed by atoms with Crippen molar-refractivity contribution < 1.29 is 19.1 Å². The lowest BCUT2D eigenvalue weighted by Crippen LogP contribution is -2.49. The number of esters is 1. The predicted octanol–water partition coefficient (Wildman–Crippen LogP) is 2.45. The summed E-state index contributed by atoms with van der Waals surface area (Å²) in [6, 6.07) is 5.05. The van der Waals surface area contributed by atoms with E-state index in [0.29, 0.717) is 37.2 Å². The number of methoxy groups -OCH3 is 2. The third kappa shape index (κ3) is 4.84. The van der Waals surface area contributed by atoms with Crippen molar-refractivity contribution in [2.24, 2.45) is 0 Å². The molecule has 4 rings (SSSR count). The average Bonchev–Trinajstić information content (AvgIpc) is 3.12. The first kappa shape index (κ1) is 23.5. The highest BCUT2D eigenvalue weighted by Crippen LogP contribution is 2.28. The molecule has 1 saturated heterocycles. The van der Waals surface area contributed by atoms with Crippen LogP contribution >= 0.6 is 11.3 Å². The molecule has 0 spiro atoms. The monoisotopic (exact) mass is 473 g/mol. The molecule has 8 nitrogen and oxygen atoms in total. The number of hydrogen-bond acceptors (Lipinski definition) is 7. The fourth-order valence-corrected chi connectivity index (χ4v) is 5.77. The molecule has 0 saturated carbocycles. The van der Waals surface area contributed by atoms with E-state index in [9.17, 15) is 14.4 Å². The Morgan fingerprint density at radius 3 is 2.64 bits per heavy atom. The first-order chi connectivity index (χ1) is 15.9. The van der Waals surface area contributed by atoms with Crippen LogP contribution in [0.4, 0.5) is 0 Å². The van der Waals surface area contributed by atoms with E-state index in [0.717, 1.165) is 32.5 Å². The number of aromatic nitrogens is 1. The van der Waals surface area contributed by atoms with Crippen LogP contribution in [-0.4, -0.2) is 66.1 Å². The minimum atomic E-state index is -0.613. The Morgan fingerprint density at radius 2 is 1.94 bits per heavy atom. The predicted molar refractivity (Wildman–Crippen MR) is 126 cm³/mol. The quantitative estimate of drug-likeness (QED) is 0.621. The van der Waals surface area contributed by atoms with E-state index in [4.69, 9.17) is 9.47 Å². The molecule has 2 aliphatic rings. The Morgan fingerprint density at radius 1 is 1.12 bits per heavy atom. The largest absolute Gasteiger partial charge is 0.496 e. The number of likely N-dealkylation sites (tertiary alicyclic amines) is 1. The van der Waals surface area contributed by atoms with Crippen LogP contribution in [0.15, 0.2) is 23.0 Å². The van der Waals surface area contributed by atoms with Crippen LogP contribution in [-0.2, 0) is 29.0 Å². The van der Waals surface area contributed by atoms with E-state index < -0.39 is 12.0 Å². The lowest BCUT2D eigenvalue weighted by Gasteiger charge is -2.34. The maximum absolute atomic E-state index is 13.8. The summed E-state index contributed by atoms with van der Waals surface area (Å²) in [7, 11) is 2.82. The number of amides is 1. The van der Waals surface area contributed by atoms with E-state index >= 15 is 0 Å². The van der Waals surface area contributed by atoms with Gasteiger partial charge in [0.25, 0.3) is 11.5 Å². The SMILES string of the molecule is COC(=O)C1CCCCN1C(=O)c1c(OC)cc(=O)n2c1CCN(Cc1ccc(C)s1)CC2. The molecule has 2 aromatic rings. The molecular formula is C24H31N3O5S. The molecule has 1 atom stereocenters. The minimum absolute atomic E-state index is 0.171. The standard InChI is InChI=1S/C24H31N3O5S/c1-16-7-8-17(33-16)15-25-11-9-18-22(20(31-2)14-21(28)26(18)13-12-25)23(29)27-10-5-4-6-19(27)24(30)32-3/h7-8,14,19H,4-6,9-13,15H2,1-3H3. The van der Waals surface area contributed by atoms with Gasteiger partial charge in [-0.3, -0.25) is 14.5 Å². The van der Waals surface area contributed by atoms with Crippen LogP contribution < -0.4 is 10.3 Å². The third-order valence-corrected chi connectivity index (χ3v) is 7.52. The van der Waals surface area contributed by atoms with Crippen LogP contribution in [0.3, 0.4) is 0 Å². The zero-order chi connectivity index (χ0) is 23.5. The molecule has 0 bridgehead atoms. The third-order valence-electron chi connectivity index (χ3n) is 6.53. The van der Waals surface area contributed by atoms with Crippen molar-refractivity contribution in [3.8, 4) is 5.75 Å². The van der Waals surface area contributed by atoms with Crippen LogP contribution in [0.25, 0.3) is 0 Å². The van der Waals surface area contributed by atoms with Crippen molar-refractivity contribution in [2.75, 3.05) is 33.9 Å². The summed E-state index contributed by atoms with van der Waals surface area (Å²) < 4.78 is 12.2. The number of ether oxygens (including phenoxy) is 2. The van der Waals surface area contributed by atoms with Gasteiger partial charge in [-0.05, 0) is 38.3 Å². The number of carbonyl (C=O) groups is 2. The molecule has 0 radical (unpaired) electrons. The minimum Gasteiger partial charge on any atom is -0.496 e. The second-order valence-corrected chi connectivity index (χ2v) is 9.97. The van der Waals surface area contributed by atoms with Crippen molar-refractivity contribution in [3.05, 3.63) is 49.6 Å². The molecule has 4 heterocycles. The zero-order valence-corrected chi connectivity index (χ0v) is 20.3. The number of fused-ring (bicyclic) bond motifs is 1. The molecule has 2 aromatic heterocycles. The second-order valence-electron chi connectivity index (χ2n) is 8.60. The van der Waals surface area contributed by atoms with Gasteiger partial charge in [0.1, 0.15) is 17.4 Å². The molecule has 0 N–H and O–H groups in total. The average molecular weight is 474 g/mol. The topological polar surface area (TPSA) is 81.1 Å². The van der Waals surface area contributed by atoms with Crippen LogP contribution in [0.5, 0.6) is 5.75 Å². The maximum Gasteiger partial charge on any atom is 0.328 e. The van der Waals surface area contributed by atoms with E-state index in [-0.39, 0.29) is 17.2 Å². The highest BCUT2D eigenvalue weighted by atomic mass is 32.1. The number of pyridine rings is 1. The Labute approximate surface area is 197 Å². The maximum atomic E-state index is 13.8. The zero-order valence-electron chi connectivity index (χ0n) is 19.5. The van der Waals surface area contributed by atoms with Gasteiger partial charge in [0, 0.05) is 60.7 Å². The van der Waals surface area contributed by atoms with Crippen molar-refractivity contribution in [3.63, 3.8) is 0 Å². The van der Waals surface area contributed by atoms with Crippen LogP contribution in [0.1, 0.15) is 45.1 Å². The number of piperidine rings is 1. The number of aryl methyl sites for hydroxylation is 1. The summed E-state index contributed by atoms with van der Waals surface area (Å²) in [5.41, 5.74) is 0.903. The van der Waals surface area contributed by atoms with Gasteiger partial charge in [0.2, 0.25) is 0 Å². The van der Waals surface area contributed by atoms with E-state index in [1.165, 1.54) is 30.0 Å². The molecule has 2 aliphatic heterocycles. The number of nitrogens with zero attached hydrogens (tertiary/aromatic N) is 3. The van der Waals surface area contributed by atoms with Crippen molar-refractivity contribution >= 4 is 23.2 Å². The van der Waals surface area contributed by atoms with E-state index in [1.807, 2.05) is 0 Å². The van der Waals surface area contributed by atoms with Crippen LogP contribution in [0.2, 0.25) is 0 Å². The van der Waals surface area contributed by atoms with Gasteiger partial charge in [0.15, 0.2) is 0 Å². The lowest BCUT2D eigenvalue weighted by atomic mass is 9.99. The van der Waals surface area contributed by atoms with Crippen molar-refractivity contribution in [1.29, 1.82) is 0 Å². The molecule has 33 heavy (non-hydrogen) atoms. The number of rotatable bonds is 5. The molecular weight excluding hydrogens is 442 g/mol. The van der Waals surface area contributed by atoms with Gasteiger partial charge in [-0.2, -0.15) is 0 Å². The molecule has 178 valence electrons. The summed E-state index contributed by atoms with van der Waals surface area (Å²) in [5, 5.41) is 0. The summed E-state index contributed by atoms with van der Waals surface area (Å²) in [4.78, 5) is 45.5. The molecule has 0 aromatic carbocycles. The highest BCUT2D eigenvalue weighted by Gasteiger charge is 2.36. The Bertz CT molecular complexity index is 1090. The molecule has 9 heteroatoms. The van der Waals surface area contributed by atoms with E-state index in [2.05, 4.69) is 24.0 Å². The van der Waals surface area contributed by atoms with Crippen molar-refractivity contribution in [1.82, 2.24) is 14.4 Å². The smallest absolute Gasteiger partial charge is 0.328 e. The van der Waals surface area contributed by atoms with Gasteiger partial charge in [-0.15, -0.1) is 11.3 Å². The van der Waals surface area contributed by atoms with E-state index in [1.54, 1.807) is 20.8 Å². The summed E-state index contributed by atoms with van der Waals surface area (Å²) >= 11 is 1.78. The number of carbonyl (C=O) groups excluding carboxylic acids is 2. The van der Waals surface area contributed by atoms with Gasteiger partial charge in [-0.1, -0.05) is 0 Å². The highest BCUT2D eigenvalue weighted by molar-refractivity contribution is 7.11. The Kier molecular flexibility index (Phi) is 7.19. The number of hydrogen-bond donors (Lipinski definition) is 0. The molecule has 1 amide bonds. The second kappa shape index (κ2) is 10.1. The fourth-order valence-electron chi connectivity index (χ4n) is 4.83. The summed E-state index contributed by atoms with van der Waals surface area (Å²) in [5.74, 6) is -0.403. The molecule has 1 unspecified atom stereocenters. The fraction of sp³-hybridized carbons (Fsp3) is 0.542. The first-order valence-electron chi connectivity index (χ1n) is 11.4. The molecule has 1 fully saturated rings. The summed E-state index contributed by atoms with van der Waals surface area (Å²) in [6.45, 7) is 5.34. The Balaban J connectivity index is 1.66. The van der Waals surface area contributed by atoms with Gasteiger partial charge < -0.3 is 18.9 Å².